The summed E-state index contributed by atoms with van der Waals surface area (Å²) in [5.74, 6) is -2.41. The molecule has 0 saturated carbocycles. The van der Waals surface area contributed by atoms with Crippen molar-refractivity contribution in [2.75, 3.05) is 0 Å². The van der Waals surface area contributed by atoms with E-state index in [1.54, 1.807) is 6.92 Å². The number of fused-ring (bicyclic) bond motifs is 1. The van der Waals surface area contributed by atoms with Crippen molar-refractivity contribution in [3.63, 3.8) is 0 Å². The number of aromatic nitrogens is 4. The van der Waals surface area contributed by atoms with Crippen LogP contribution in [0.4, 0.5) is 14.6 Å². The van der Waals surface area contributed by atoms with E-state index in [0.29, 0.717) is 11.3 Å². The van der Waals surface area contributed by atoms with Crippen LogP contribution >= 0.6 is 0 Å². The van der Waals surface area contributed by atoms with Crippen LogP contribution in [0.1, 0.15) is 5.69 Å². The molecule has 0 aliphatic heterocycles. The Labute approximate surface area is 184 Å². The maximum Gasteiger partial charge on any atom is 1.00 e. The normalized spacial score (nSPS) is 10.7. The monoisotopic (exact) mass is 405 g/mol. The summed E-state index contributed by atoms with van der Waals surface area (Å²) in [5, 5.41) is 27.3. The molecule has 11 heteroatoms. The Balaban J connectivity index is 0.00000240. The number of hydrogen-bond donors (Lipinski definition) is 0. The van der Waals surface area contributed by atoms with Crippen LogP contribution in [-0.2, 0) is 0 Å². The minimum atomic E-state index is -0.811. The third-order valence-corrected chi connectivity index (χ3v) is 4.16. The summed E-state index contributed by atoms with van der Waals surface area (Å²) in [6, 6.07) is 6.89. The van der Waals surface area contributed by atoms with Crippen LogP contribution in [-0.4, -0.2) is 24.5 Å². The van der Waals surface area contributed by atoms with Gasteiger partial charge in [0, 0.05) is 23.3 Å². The van der Waals surface area contributed by atoms with Gasteiger partial charge in [-0.05, 0) is 47.0 Å². The van der Waals surface area contributed by atoms with Gasteiger partial charge in [0.2, 0.25) is 0 Å². The van der Waals surface area contributed by atoms with Gasteiger partial charge in [-0.15, -0.1) is 0 Å². The number of aryl methyl sites for hydroxylation is 1. The molecule has 0 atom stereocenters. The molecular weight excluding hydrogens is 395 g/mol. The second kappa shape index (κ2) is 7.82. The Morgan fingerprint density at radius 3 is 2.52 bits per heavy atom. The average molecular weight is 405 g/mol. The van der Waals surface area contributed by atoms with E-state index in [9.17, 15) is 24.0 Å². The zero-order valence-electron chi connectivity index (χ0n) is 15.3. The molecule has 0 unspecified atom stereocenters. The van der Waals surface area contributed by atoms with Crippen molar-refractivity contribution in [2.24, 2.45) is 0 Å². The third kappa shape index (κ3) is 3.69. The Morgan fingerprint density at radius 1 is 1.14 bits per heavy atom. The van der Waals surface area contributed by atoms with Gasteiger partial charge in [0.05, 0.1) is 17.0 Å². The van der Waals surface area contributed by atoms with Gasteiger partial charge in [-0.3, -0.25) is 0 Å². The van der Waals surface area contributed by atoms with Crippen molar-refractivity contribution in [1.82, 2.24) is 19.6 Å². The summed E-state index contributed by atoms with van der Waals surface area (Å²) < 4.78 is 28.6. The fourth-order valence-corrected chi connectivity index (χ4v) is 2.90. The molecule has 29 heavy (non-hydrogen) atoms. The molecule has 3 aromatic heterocycles. The molecule has 3 heterocycles. The zero-order chi connectivity index (χ0) is 20.0. The number of halogens is 2. The Morgan fingerprint density at radius 2 is 1.90 bits per heavy atom. The predicted molar refractivity (Wildman–Crippen MR) is 92.4 cm³/mol. The van der Waals surface area contributed by atoms with E-state index in [-0.39, 0.29) is 57.8 Å². The van der Waals surface area contributed by atoms with E-state index in [0.717, 1.165) is 16.6 Å². The number of nitrogens with zero attached hydrogens (tertiary/aromatic N) is 5. The van der Waals surface area contributed by atoms with Crippen LogP contribution in [0.5, 0.6) is 5.88 Å². The van der Waals surface area contributed by atoms with Crippen molar-refractivity contribution >= 4 is 11.5 Å². The maximum atomic E-state index is 14.3. The average Bonchev–Trinajstić information content (AvgIpc) is 2.98. The van der Waals surface area contributed by atoms with Crippen LogP contribution in [0.3, 0.4) is 0 Å². The molecule has 0 amide bonds. The van der Waals surface area contributed by atoms with Gasteiger partial charge in [0.1, 0.15) is 17.8 Å². The molecule has 0 spiro atoms. The molecular formula is C18H10F2N5NaO3. The number of hydrogen-bond acceptors (Lipinski definition) is 6. The second-order valence-electron chi connectivity index (χ2n) is 5.96. The fraction of sp³-hybridized carbons (Fsp3) is 0.0556. The van der Waals surface area contributed by atoms with Gasteiger partial charge in [0.25, 0.3) is 0 Å². The summed E-state index contributed by atoms with van der Waals surface area (Å²) in [7, 11) is 0. The van der Waals surface area contributed by atoms with E-state index in [4.69, 9.17) is 0 Å². The third-order valence-electron chi connectivity index (χ3n) is 4.16. The zero-order valence-corrected chi connectivity index (χ0v) is 17.3. The Hall–Kier alpha value is -2.95. The molecule has 8 nitrogen and oxygen atoms in total. The van der Waals surface area contributed by atoms with Crippen molar-refractivity contribution < 1.29 is 48.4 Å². The van der Waals surface area contributed by atoms with Crippen molar-refractivity contribution in [3.8, 4) is 28.3 Å². The molecule has 4 aromatic rings. The van der Waals surface area contributed by atoms with Gasteiger partial charge >= 0.3 is 35.4 Å². The minimum Gasteiger partial charge on any atom is -0.858 e. The fourth-order valence-electron chi connectivity index (χ4n) is 2.90. The first-order chi connectivity index (χ1) is 13.3. The predicted octanol–water partition coefficient (Wildman–Crippen LogP) is 0.0307. The quantitative estimate of drug-likeness (QED) is 0.270. The van der Waals surface area contributed by atoms with Gasteiger partial charge in [-0.25, -0.2) is 18.3 Å². The van der Waals surface area contributed by atoms with Gasteiger partial charge in [0.15, 0.2) is 5.65 Å². The molecule has 0 aliphatic carbocycles. The number of pyridine rings is 1. The first-order valence-corrected chi connectivity index (χ1v) is 7.99. The van der Waals surface area contributed by atoms with Gasteiger partial charge < -0.3 is 15.2 Å². The molecule has 0 N–H and O–H groups in total. The smallest absolute Gasteiger partial charge is 0.858 e. The van der Waals surface area contributed by atoms with Gasteiger partial charge in [-0.1, -0.05) is 0 Å². The molecule has 4 rings (SSSR count). The Bertz CT molecular complexity index is 1240. The molecule has 0 aliphatic rings. The molecule has 1 aromatic carbocycles. The summed E-state index contributed by atoms with van der Waals surface area (Å²) in [6.07, 6.45) is 1.22. The largest absolute Gasteiger partial charge is 1.00 e. The summed E-state index contributed by atoms with van der Waals surface area (Å²) >= 11 is 0. The first-order valence-electron chi connectivity index (χ1n) is 7.99. The molecule has 0 fully saturated rings. The number of nitro groups is 1. The van der Waals surface area contributed by atoms with Crippen LogP contribution in [0, 0.1) is 28.7 Å². The molecule has 140 valence electrons. The first kappa shape index (κ1) is 20.8. The van der Waals surface area contributed by atoms with Crippen LogP contribution in [0.25, 0.3) is 28.0 Å². The maximum absolute atomic E-state index is 14.3. The summed E-state index contributed by atoms with van der Waals surface area (Å²) in [4.78, 5) is 18.2. The summed E-state index contributed by atoms with van der Waals surface area (Å²) in [6.45, 7) is 1.58. The van der Waals surface area contributed by atoms with Crippen LogP contribution < -0.4 is 34.7 Å². The van der Waals surface area contributed by atoms with Gasteiger partial charge in [-0.2, -0.15) is 5.10 Å². The van der Waals surface area contributed by atoms with E-state index in [1.807, 2.05) is 0 Å². The Kier molecular flexibility index (Phi) is 5.60. The molecule has 0 bridgehead atoms. The van der Waals surface area contributed by atoms with E-state index < -0.39 is 22.4 Å². The van der Waals surface area contributed by atoms with Crippen molar-refractivity contribution in [3.05, 3.63) is 70.0 Å². The standard InChI is InChI=1S/C18H11F2N5O3.Na/c1-9-17(12-4-3-11(19)6-13(12)20)18-22-14(7-16(26)24(18)23-9)10-2-5-15(21-8-10)25(27)28;/h2-8,26H,1H3;/q;+1/p-1. The van der Waals surface area contributed by atoms with E-state index >= 15 is 0 Å². The van der Waals surface area contributed by atoms with E-state index in [2.05, 4.69) is 15.1 Å². The van der Waals surface area contributed by atoms with Crippen molar-refractivity contribution in [1.29, 1.82) is 0 Å². The van der Waals surface area contributed by atoms with Crippen LogP contribution in [0.2, 0.25) is 0 Å². The second-order valence-corrected chi connectivity index (χ2v) is 5.96. The topological polar surface area (TPSA) is 109 Å². The molecule has 0 saturated heterocycles. The minimum absolute atomic E-state index is 0. The number of benzene rings is 1. The summed E-state index contributed by atoms with van der Waals surface area (Å²) in [5.41, 5.74) is 1.31. The number of rotatable bonds is 3. The van der Waals surface area contributed by atoms with Crippen molar-refractivity contribution in [2.45, 2.75) is 6.92 Å². The van der Waals surface area contributed by atoms with E-state index in [1.165, 1.54) is 30.5 Å². The SMILES string of the molecule is Cc1nn2c([O-])cc(-c3ccc([N+](=O)[O-])nc3)nc2c1-c1ccc(F)cc1F.[Na+]. The molecule has 0 radical (unpaired) electrons. The van der Waals surface area contributed by atoms with Crippen LogP contribution in [0.15, 0.2) is 42.6 Å².